The van der Waals surface area contributed by atoms with Crippen LogP contribution in [0, 0.1) is 0 Å². The normalized spacial score (nSPS) is 15.1. The predicted molar refractivity (Wildman–Crippen MR) is 85.5 cm³/mol. The molecule has 0 unspecified atom stereocenters. The first-order valence-electron chi connectivity index (χ1n) is 7.17. The summed E-state index contributed by atoms with van der Waals surface area (Å²) in [6, 6.07) is 5.37. The highest BCUT2D eigenvalue weighted by Gasteiger charge is 2.23. The van der Waals surface area contributed by atoms with Crippen LogP contribution in [-0.2, 0) is 4.74 Å². The van der Waals surface area contributed by atoms with Gasteiger partial charge >= 0.3 is 6.09 Å². The van der Waals surface area contributed by atoms with Crippen molar-refractivity contribution in [1.82, 2.24) is 4.90 Å². The smallest absolute Gasteiger partial charge is 0.409 e. The molecule has 7 nitrogen and oxygen atoms in total. The molecule has 1 aliphatic rings. The molecule has 0 radical (unpaired) electrons. The number of hydrogen-bond donors (Lipinski definition) is 1. The first kappa shape index (κ1) is 16.3. The number of ether oxygens (including phenoxy) is 1. The lowest BCUT2D eigenvalue weighted by atomic mass is 10.0. The molecule has 0 atom stereocenters. The number of rotatable bonds is 4. The average molecular weight is 324 g/mol. The highest BCUT2D eigenvalue weighted by molar-refractivity contribution is 6.31. The fraction of sp³-hybridized carbons (Fsp3) is 0.500. The van der Waals surface area contributed by atoms with Gasteiger partial charge in [0.25, 0.3) is 0 Å². The number of benzene rings is 1. The number of nitrogens with zero attached hydrogens (tertiary/aromatic N) is 4. The van der Waals surface area contributed by atoms with E-state index in [0.717, 1.165) is 18.5 Å². The van der Waals surface area contributed by atoms with E-state index >= 15 is 0 Å². The van der Waals surface area contributed by atoms with Crippen LogP contribution in [0.3, 0.4) is 0 Å². The lowest BCUT2D eigenvalue weighted by Gasteiger charge is -2.32. The van der Waals surface area contributed by atoms with Crippen molar-refractivity contribution >= 4 is 29.1 Å². The Morgan fingerprint density at radius 1 is 1.55 bits per heavy atom. The molecule has 1 saturated heterocycles. The van der Waals surface area contributed by atoms with Gasteiger partial charge in [0, 0.05) is 34.8 Å². The van der Waals surface area contributed by atoms with Gasteiger partial charge in [-0.05, 0) is 43.5 Å². The van der Waals surface area contributed by atoms with Crippen molar-refractivity contribution in [2.45, 2.75) is 25.8 Å². The Morgan fingerprint density at radius 2 is 2.27 bits per heavy atom. The van der Waals surface area contributed by atoms with Crippen LogP contribution in [0.5, 0.6) is 0 Å². The maximum absolute atomic E-state index is 11.7. The third-order valence-electron chi connectivity index (χ3n) is 3.49. The van der Waals surface area contributed by atoms with Crippen LogP contribution >= 0.6 is 11.6 Å². The van der Waals surface area contributed by atoms with Crippen LogP contribution in [0.25, 0.3) is 10.4 Å². The molecule has 1 aromatic rings. The lowest BCUT2D eigenvalue weighted by molar-refractivity contribution is 0.0983. The van der Waals surface area contributed by atoms with Gasteiger partial charge in [-0.3, -0.25) is 0 Å². The van der Waals surface area contributed by atoms with Crippen LogP contribution < -0.4 is 5.32 Å². The van der Waals surface area contributed by atoms with Gasteiger partial charge in [0.1, 0.15) is 0 Å². The first-order valence-corrected chi connectivity index (χ1v) is 7.54. The van der Waals surface area contributed by atoms with Crippen molar-refractivity contribution in [3.63, 3.8) is 0 Å². The minimum atomic E-state index is -0.262. The van der Waals surface area contributed by atoms with Gasteiger partial charge < -0.3 is 15.0 Å². The summed E-state index contributed by atoms with van der Waals surface area (Å²) in [5, 5.41) is 7.52. The van der Waals surface area contributed by atoms with E-state index in [-0.39, 0.29) is 12.1 Å². The molecule has 0 spiro atoms. The Labute approximate surface area is 133 Å². The van der Waals surface area contributed by atoms with Gasteiger partial charge in [0.05, 0.1) is 12.3 Å². The van der Waals surface area contributed by atoms with E-state index in [0.29, 0.717) is 30.4 Å². The van der Waals surface area contributed by atoms with Crippen LogP contribution in [0.15, 0.2) is 23.3 Å². The minimum absolute atomic E-state index is 0.208. The van der Waals surface area contributed by atoms with Crippen molar-refractivity contribution in [3.05, 3.63) is 33.7 Å². The first-order chi connectivity index (χ1) is 10.6. The Hall–Kier alpha value is -2.11. The van der Waals surface area contributed by atoms with Crippen molar-refractivity contribution < 1.29 is 9.53 Å². The molecule has 118 valence electrons. The van der Waals surface area contributed by atoms with Gasteiger partial charge in [0.15, 0.2) is 0 Å². The number of nitrogens with one attached hydrogen (secondary N) is 1. The number of likely N-dealkylation sites (tertiary alicyclic amines) is 1. The monoisotopic (exact) mass is 323 g/mol. The standard InChI is InChI=1S/C14H18ClN5O2/c1-2-22-14(21)20-7-5-11(6-8-20)17-12-4-3-10(15)9-13(12)18-19-16/h3-4,9,11,17H,2,5-8H2,1H3. The number of azide groups is 1. The van der Waals surface area contributed by atoms with Crippen LogP contribution in [-0.4, -0.2) is 36.7 Å². The third kappa shape index (κ3) is 4.19. The zero-order valence-electron chi connectivity index (χ0n) is 12.3. The van der Waals surface area contributed by atoms with E-state index in [4.69, 9.17) is 21.9 Å². The maximum atomic E-state index is 11.7. The molecule has 0 aromatic heterocycles. The van der Waals surface area contributed by atoms with Gasteiger partial charge in [-0.2, -0.15) is 0 Å². The summed E-state index contributed by atoms with van der Waals surface area (Å²) < 4.78 is 5.00. The van der Waals surface area contributed by atoms with Gasteiger partial charge in [0.2, 0.25) is 0 Å². The lowest BCUT2D eigenvalue weighted by Crippen LogP contribution is -2.42. The summed E-state index contributed by atoms with van der Waals surface area (Å²) >= 11 is 5.91. The number of hydrogen-bond acceptors (Lipinski definition) is 4. The Bertz CT molecular complexity index is 581. The second kappa shape index (κ2) is 7.77. The summed E-state index contributed by atoms with van der Waals surface area (Å²) in [6.45, 7) is 3.46. The fourth-order valence-electron chi connectivity index (χ4n) is 2.40. The third-order valence-corrected chi connectivity index (χ3v) is 3.73. The quantitative estimate of drug-likeness (QED) is 0.508. The molecule has 1 heterocycles. The molecule has 2 rings (SSSR count). The number of halogens is 1. The molecule has 0 saturated carbocycles. The fourth-order valence-corrected chi connectivity index (χ4v) is 2.57. The van der Waals surface area contributed by atoms with Gasteiger partial charge in [-0.25, -0.2) is 4.79 Å². The molecular weight excluding hydrogens is 306 g/mol. The van der Waals surface area contributed by atoms with Crippen LogP contribution in [0.1, 0.15) is 19.8 Å². The summed E-state index contributed by atoms with van der Waals surface area (Å²) in [7, 11) is 0. The van der Waals surface area contributed by atoms with E-state index in [9.17, 15) is 4.79 Å². The van der Waals surface area contributed by atoms with Gasteiger partial charge in [-0.1, -0.05) is 16.7 Å². The molecule has 1 aromatic carbocycles. The maximum Gasteiger partial charge on any atom is 0.409 e. The molecule has 1 N–H and O–H groups in total. The predicted octanol–water partition coefficient (Wildman–Crippen LogP) is 4.31. The zero-order chi connectivity index (χ0) is 15.9. The topological polar surface area (TPSA) is 90.3 Å². The highest BCUT2D eigenvalue weighted by Crippen LogP contribution is 2.30. The number of amides is 1. The number of carbonyl (C=O) groups is 1. The molecular formula is C14H18ClN5O2. The van der Waals surface area contributed by atoms with Gasteiger partial charge in [-0.15, -0.1) is 0 Å². The minimum Gasteiger partial charge on any atom is -0.450 e. The van der Waals surface area contributed by atoms with Crippen LogP contribution in [0.4, 0.5) is 16.2 Å². The van der Waals surface area contributed by atoms with E-state index in [1.165, 1.54) is 0 Å². The van der Waals surface area contributed by atoms with E-state index < -0.39 is 0 Å². The van der Waals surface area contributed by atoms with E-state index in [2.05, 4.69) is 15.3 Å². The van der Waals surface area contributed by atoms with Crippen molar-refractivity contribution in [3.8, 4) is 0 Å². The Morgan fingerprint density at radius 3 is 2.91 bits per heavy atom. The van der Waals surface area contributed by atoms with Crippen molar-refractivity contribution in [1.29, 1.82) is 0 Å². The van der Waals surface area contributed by atoms with E-state index in [1.807, 2.05) is 0 Å². The summed E-state index contributed by atoms with van der Waals surface area (Å²) in [4.78, 5) is 16.2. The number of carbonyl (C=O) groups excluding carboxylic acids is 1. The van der Waals surface area contributed by atoms with Crippen molar-refractivity contribution in [2.24, 2.45) is 5.11 Å². The SMILES string of the molecule is CCOC(=O)N1CCC(Nc2ccc(Cl)cc2N=[N+]=[N-])CC1. The molecule has 1 fully saturated rings. The summed E-state index contributed by atoms with van der Waals surface area (Å²) in [6.07, 6.45) is 1.34. The second-order valence-corrected chi connectivity index (χ2v) is 5.39. The molecule has 0 aliphatic carbocycles. The second-order valence-electron chi connectivity index (χ2n) is 4.96. The largest absolute Gasteiger partial charge is 0.450 e. The molecule has 22 heavy (non-hydrogen) atoms. The molecule has 1 aliphatic heterocycles. The van der Waals surface area contributed by atoms with Crippen LogP contribution in [0.2, 0.25) is 5.02 Å². The summed E-state index contributed by atoms with van der Waals surface area (Å²) in [5.41, 5.74) is 9.84. The number of anilines is 1. The van der Waals surface area contributed by atoms with Crippen molar-refractivity contribution in [2.75, 3.05) is 25.0 Å². The Balaban J connectivity index is 1.96. The highest BCUT2D eigenvalue weighted by atomic mass is 35.5. The average Bonchev–Trinajstić information content (AvgIpc) is 2.51. The zero-order valence-corrected chi connectivity index (χ0v) is 13.1. The summed E-state index contributed by atoms with van der Waals surface area (Å²) in [5.74, 6) is 0. The molecule has 1 amide bonds. The Kier molecular flexibility index (Phi) is 5.75. The molecule has 8 heteroatoms. The number of piperidine rings is 1. The molecule has 0 bridgehead atoms. The van der Waals surface area contributed by atoms with E-state index in [1.54, 1.807) is 30.0 Å².